The molecule has 22 heavy (non-hydrogen) atoms. The van der Waals surface area contributed by atoms with Gasteiger partial charge in [0.25, 0.3) is 0 Å². The Hall–Kier alpha value is -2.11. The molecule has 1 aromatic heterocycles. The van der Waals surface area contributed by atoms with E-state index in [1.54, 1.807) is 32.2 Å². The van der Waals surface area contributed by atoms with Gasteiger partial charge in [0.1, 0.15) is 11.4 Å². The average molecular weight is 306 g/mol. The quantitative estimate of drug-likeness (QED) is 0.859. The summed E-state index contributed by atoms with van der Waals surface area (Å²) in [6.45, 7) is 6.63. The van der Waals surface area contributed by atoms with Crippen LogP contribution in [0.2, 0.25) is 0 Å². The maximum atomic E-state index is 12.2. The molecule has 1 aliphatic heterocycles. The molecular formula is C16H22N2O4. The van der Waals surface area contributed by atoms with Gasteiger partial charge in [0.05, 0.1) is 12.0 Å². The van der Waals surface area contributed by atoms with E-state index in [-0.39, 0.29) is 12.0 Å². The van der Waals surface area contributed by atoms with E-state index in [1.165, 1.54) is 0 Å². The molecule has 2 heterocycles. The molecule has 2 rings (SSSR count). The number of esters is 1. The fraction of sp³-hybridized carbons (Fsp3) is 0.562. The Kier molecular flexibility index (Phi) is 5.00. The highest BCUT2D eigenvalue weighted by Crippen LogP contribution is 2.28. The Bertz CT molecular complexity index is 559. The van der Waals surface area contributed by atoms with Crippen LogP contribution >= 0.6 is 0 Å². The minimum absolute atomic E-state index is 0.215. The topological polar surface area (TPSA) is 79.7 Å². The van der Waals surface area contributed by atoms with Crippen LogP contribution in [0.25, 0.3) is 0 Å². The molecule has 1 aromatic rings. The Morgan fingerprint density at radius 3 is 2.77 bits per heavy atom. The molecule has 6 heteroatoms. The van der Waals surface area contributed by atoms with Gasteiger partial charge in [-0.15, -0.1) is 0 Å². The van der Waals surface area contributed by atoms with E-state index in [2.05, 4.69) is 4.98 Å². The number of nitrogens with zero attached hydrogens (tertiary/aromatic N) is 2. The van der Waals surface area contributed by atoms with Crippen LogP contribution < -0.4 is 4.90 Å². The van der Waals surface area contributed by atoms with E-state index < -0.39 is 17.9 Å². The van der Waals surface area contributed by atoms with E-state index in [0.29, 0.717) is 30.9 Å². The van der Waals surface area contributed by atoms with Crippen molar-refractivity contribution in [2.75, 3.05) is 18.0 Å². The molecule has 120 valence electrons. The van der Waals surface area contributed by atoms with Crippen molar-refractivity contribution in [1.29, 1.82) is 0 Å². The van der Waals surface area contributed by atoms with Crippen LogP contribution in [0.4, 0.5) is 5.82 Å². The lowest BCUT2D eigenvalue weighted by atomic mass is 9.90. The average Bonchev–Trinajstić information content (AvgIpc) is 2.45. The Morgan fingerprint density at radius 1 is 1.41 bits per heavy atom. The molecule has 2 unspecified atom stereocenters. The Balaban J connectivity index is 2.28. The first kappa shape index (κ1) is 16.3. The van der Waals surface area contributed by atoms with E-state index in [9.17, 15) is 14.7 Å². The first-order valence-corrected chi connectivity index (χ1v) is 7.52. The van der Waals surface area contributed by atoms with E-state index in [4.69, 9.17) is 4.74 Å². The number of anilines is 1. The van der Waals surface area contributed by atoms with Crippen molar-refractivity contribution in [3.05, 3.63) is 23.9 Å². The number of aliphatic carboxylic acids is 1. The summed E-state index contributed by atoms with van der Waals surface area (Å²) < 4.78 is 5.25. The molecule has 0 aromatic carbocycles. The normalized spacial score (nSPS) is 21.7. The summed E-state index contributed by atoms with van der Waals surface area (Å²) in [5.74, 6) is -0.946. The molecule has 6 nitrogen and oxygen atoms in total. The second-order valence-corrected chi connectivity index (χ2v) is 6.11. The van der Waals surface area contributed by atoms with Crippen LogP contribution in [0, 0.1) is 11.8 Å². The zero-order chi connectivity index (χ0) is 16.3. The van der Waals surface area contributed by atoms with Crippen molar-refractivity contribution in [2.24, 2.45) is 11.8 Å². The van der Waals surface area contributed by atoms with Crippen LogP contribution in [0.5, 0.6) is 0 Å². The van der Waals surface area contributed by atoms with Gasteiger partial charge in [0, 0.05) is 19.3 Å². The number of aromatic nitrogens is 1. The smallest absolute Gasteiger partial charge is 0.342 e. The van der Waals surface area contributed by atoms with Crippen LogP contribution in [0.3, 0.4) is 0 Å². The van der Waals surface area contributed by atoms with E-state index in [1.807, 2.05) is 11.8 Å². The van der Waals surface area contributed by atoms with E-state index >= 15 is 0 Å². The number of carboxylic acid groups (broad SMARTS) is 1. The third-order valence-electron chi connectivity index (χ3n) is 3.66. The number of hydrogen-bond donors (Lipinski definition) is 1. The SMILES string of the molecule is CC1CC(C(=O)O)CN(c2ncccc2C(=O)OC(C)C)C1. The third-order valence-corrected chi connectivity index (χ3v) is 3.66. The second kappa shape index (κ2) is 6.77. The van der Waals surface area contributed by atoms with Gasteiger partial charge in [-0.05, 0) is 38.3 Å². The molecule has 0 aliphatic carbocycles. The lowest BCUT2D eigenvalue weighted by Crippen LogP contribution is -2.43. The van der Waals surface area contributed by atoms with Gasteiger partial charge in [-0.1, -0.05) is 6.92 Å². The van der Waals surface area contributed by atoms with Crippen LogP contribution in [-0.2, 0) is 9.53 Å². The monoisotopic (exact) mass is 306 g/mol. The van der Waals surface area contributed by atoms with Gasteiger partial charge in [-0.2, -0.15) is 0 Å². The predicted octanol–water partition coefficient (Wildman–Crippen LogP) is 2.19. The molecule has 0 radical (unpaired) electrons. The molecule has 0 amide bonds. The van der Waals surface area contributed by atoms with E-state index in [0.717, 1.165) is 0 Å². The number of carboxylic acids is 1. The lowest BCUT2D eigenvalue weighted by molar-refractivity contribution is -0.142. The van der Waals surface area contributed by atoms with Crippen LogP contribution in [0.15, 0.2) is 18.3 Å². The predicted molar refractivity (Wildman–Crippen MR) is 81.9 cm³/mol. The summed E-state index contributed by atoms with van der Waals surface area (Å²) in [4.78, 5) is 29.7. The molecule has 0 bridgehead atoms. The van der Waals surface area contributed by atoms with Crippen molar-refractivity contribution >= 4 is 17.8 Å². The first-order chi connectivity index (χ1) is 10.4. The molecule has 1 saturated heterocycles. The number of piperidine rings is 1. The molecule has 1 fully saturated rings. The summed E-state index contributed by atoms with van der Waals surface area (Å²) in [5.41, 5.74) is 0.384. The zero-order valence-corrected chi connectivity index (χ0v) is 13.2. The van der Waals surface area contributed by atoms with Gasteiger partial charge in [-0.25, -0.2) is 9.78 Å². The molecule has 0 spiro atoms. The number of hydrogen-bond acceptors (Lipinski definition) is 5. The van der Waals surface area contributed by atoms with Crippen molar-refractivity contribution < 1.29 is 19.4 Å². The number of carbonyl (C=O) groups is 2. The third kappa shape index (κ3) is 3.75. The zero-order valence-electron chi connectivity index (χ0n) is 13.2. The highest BCUT2D eigenvalue weighted by atomic mass is 16.5. The van der Waals surface area contributed by atoms with Gasteiger partial charge in [0.15, 0.2) is 0 Å². The fourth-order valence-corrected chi connectivity index (χ4v) is 2.79. The minimum Gasteiger partial charge on any atom is -0.481 e. The maximum Gasteiger partial charge on any atom is 0.342 e. The van der Waals surface area contributed by atoms with Crippen LogP contribution in [0.1, 0.15) is 37.6 Å². The van der Waals surface area contributed by atoms with Gasteiger partial charge >= 0.3 is 11.9 Å². The van der Waals surface area contributed by atoms with Gasteiger partial charge in [-0.3, -0.25) is 4.79 Å². The Morgan fingerprint density at radius 2 is 2.14 bits per heavy atom. The fourth-order valence-electron chi connectivity index (χ4n) is 2.79. The summed E-state index contributed by atoms with van der Waals surface area (Å²) in [5, 5.41) is 9.28. The van der Waals surface area contributed by atoms with Crippen molar-refractivity contribution in [2.45, 2.75) is 33.3 Å². The standard InChI is InChI=1S/C16H22N2O4/c1-10(2)22-16(21)13-5-4-6-17-14(13)18-8-11(3)7-12(9-18)15(19)20/h4-6,10-12H,7-9H2,1-3H3,(H,19,20). The largest absolute Gasteiger partial charge is 0.481 e. The number of rotatable bonds is 4. The van der Waals surface area contributed by atoms with Crippen molar-refractivity contribution in [3.63, 3.8) is 0 Å². The highest BCUT2D eigenvalue weighted by Gasteiger charge is 2.32. The molecule has 0 saturated carbocycles. The summed E-state index contributed by atoms with van der Waals surface area (Å²) in [6.07, 6.45) is 2.04. The Labute approximate surface area is 130 Å². The lowest BCUT2D eigenvalue weighted by Gasteiger charge is -2.36. The second-order valence-electron chi connectivity index (χ2n) is 6.11. The number of ether oxygens (including phenoxy) is 1. The van der Waals surface area contributed by atoms with Crippen molar-refractivity contribution in [3.8, 4) is 0 Å². The first-order valence-electron chi connectivity index (χ1n) is 7.52. The van der Waals surface area contributed by atoms with Crippen LogP contribution in [-0.4, -0.2) is 41.2 Å². The maximum absolute atomic E-state index is 12.2. The molecule has 1 aliphatic rings. The minimum atomic E-state index is -0.807. The summed E-state index contributed by atoms with van der Waals surface area (Å²) in [7, 11) is 0. The molecule has 1 N–H and O–H groups in total. The highest BCUT2D eigenvalue weighted by molar-refractivity contribution is 5.95. The molecule has 2 atom stereocenters. The summed E-state index contributed by atoms with van der Waals surface area (Å²) >= 11 is 0. The molecular weight excluding hydrogens is 284 g/mol. The number of pyridine rings is 1. The van der Waals surface area contributed by atoms with Gasteiger partial charge in [0.2, 0.25) is 0 Å². The summed E-state index contributed by atoms with van der Waals surface area (Å²) in [6, 6.07) is 3.35. The van der Waals surface area contributed by atoms with Gasteiger partial charge < -0.3 is 14.7 Å². The number of carbonyl (C=O) groups excluding carboxylic acids is 1. The van der Waals surface area contributed by atoms with Crippen molar-refractivity contribution in [1.82, 2.24) is 4.98 Å².